The number of nitrogens with one attached hydrogen (secondary N) is 1. The Balaban J connectivity index is 2.05. The van der Waals surface area contributed by atoms with Crippen LogP contribution in [0, 0.1) is 0 Å². The Morgan fingerprint density at radius 2 is 1.80 bits per heavy atom. The van der Waals surface area contributed by atoms with Crippen molar-refractivity contribution in [2.45, 2.75) is 43.6 Å². The molecule has 1 fully saturated rings. The first kappa shape index (κ1) is 13.4. The first-order valence-electron chi connectivity index (χ1n) is 7.62. The fraction of sp³-hybridized carbons (Fsp3) is 0.444. The van der Waals surface area contributed by atoms with Gasteiger partial charge in [0.1, 0.15) is 0 Å². The second-order valence-corrected chi connectivity index (χ2v) is 5.86. The van der Waals surface area contributed by atoms with Gasteiger partial charge in [-0.25, -0.2) is 0 Å². The van der Waals surface area contributed by atoms with Gasteiger partial charge in [0.15, 0.2) is 0 Å². The SMILES string of the molecule is CNC(c1ccoc1)C1(c2ccccc2)CCCCC1. The fourth-order valence-electron chi connectivity index (χ4n) is 3.90. The van der Waals surface area contributed by atoms with Crippen LogP contribution in [0.25, 0.3) is 0 Å². The van der Waals surface area contributed by atoms with E-state index in [-0.39, 0.29) is 5.41 Å². The van der Waals surface area contributed by atoms with Crippen LogP contribution in [0.5, 0.6) is 0 Å². The lowest BCUT2D eigenvalue weighted by atomic mass is 9.63. The highest BCUT2D eigenvalue weighted by Crippen LogP contribution is 2.48. The molecular formula is C18H23NO. The molecule has 2 nitrogen and oxygen atoms in total. The molecule has 1 aromatic carbocycles. The van der Waals surface area contributed by atoms with Crippen LogP contribution in [0.15, 0.2) is 53.3 Å². The molecule has 2 aromatic rings. The van der Waals surface area contributed by atoms with E-state index in [1.54, 1.807) is 6.26 Å². The summed E-state index contributed by atoms with van der Waals surface area (Å²) >= 11 is 0. The Labute approximate surface area is 121 Å². The monoisotopic (exact) mass is 269 g/mol. The molecule has 1 atom stereocenters. The van der Waals surface area contributed by atoms with Crippen LogP contribution in [0.4, 0.5) is 0 Å². The van der Waals surface area contributed by atoms with E-state index in [1.807, 2.05) is 6.26 Å². The zero-order valence-electron chi connectivity index (χ0n) is 12.1. The molecule has 106 valence electrons. The zero-order valence-corrected chi connectivity index (χ0v) is 12.1. The van der Waals surface area contributed by atoms with E-state index in [2.05, 4.69) is 48.8 Å². The Bertz CT molecular complexity index is 512. The lowest BCUT2D eigenvalue weighted by Crippen LogP contribution is -2.41. The first-order chi connectivity index (χ1) is 9.87. The van der Waals surface area contributed by atoms with Gasteiger partial charge in [-0.15, -0.1) is 0 Å². The van der Waals surface area contributed by atoms with Crippen molar-refractivity contribution >= 4 is 0 Å². The molecule has 0 amide bonds. The summed E-state index contributed by atoms with van der Waals surface area (Å²) in [6.45, 7) is 0. The van der Waals surface area contributed by atoms with E-state index in [0.717, 1.165) is 0 Å². The highest BCUT2D eigenvalue weighted by Gasteiger charge is 2.41. The summed E-state index contributed by atoms with van der Waals surface area (Å²) in [6, 6.07) is 13.4. The maximum Gasteiger partial charge on any atom is 0.0950 e. The lowest BCUT2D eigenvalue weighted by Gasteiger charge is -2.44. The van der Waals surface area contributed by atoms with Crippen molar-refractivity contribution in [2.75, 3.05) is 7.05 Å². The summed E-state index contributed by atoms with van der Waals surface area (Å²) < 4.78 is 5.33. The van der Waals surface area contributed by atoms with Crippen molar-refractivity contribution in [1.29, 1.82) is 0 Å². The summed E-state index contributed by atoms with van der Waals surface area (Å²) in [5, 5.41) is 3.55. The van der Waals surface area contributed by atoms with Crippen molar-refractivity contribution in [2.24, 2.45) is 0 Å². The normalized spacial score (nSPS) is 19.6. The van der Waals surface area contributed by atoms with Crippen molar-refractivity contribution in [3.63, 3.8) is 0 Å². The Hall–Kier alpha value is -1.54. The van der Waals surface area contributed by atoms with Crippen molar-refractivity contribution in [3.05, 3.63) is 60.1 Å². The maximum absolute atomic E-state index is 5.33. The van der Waals surface area contributed by atoms with E-state index in [4.69, 9.17) is 4.42 Å². The minimum absolute atomic E-state index is 0.193. The Kier molecular flexibility index (Phi) is 3.93. The van der Waals surface area contributed by atoms with Gasteiger partial charge >= 0.3 is 0 Å². The fourth-order valence-corrected chi connectivity index (χ4v) is 3.90. The molecule has 1 heterocycles. The Morgan fingerprint density at radius 3 is 2.40 bits per heavy atom. The van der Waals surface area contributed by atoms with Gasteiger partial charge in [-0.3, -0.25) is 0 Å². The molecule has 0 bridgehead atoms. The number of benzene rings is 1. The summed E-state index contributed by atoms with van der Waals surface area (Å²) in [5.41, 5.74) is 2.91. The van der Waals surface area contributed by atoms with Crippen LogP contribution >= 0.6 is 0 Å². The second kappa shape index (κ2) is 5.84. The number of likely N-dealkylation sites (N-methyl/N-ethyl adjacent to an activating group) is 1. The van der Waals surface area contributed by atoms with E-state index in [0.29, 0.717) is 6.04 Å². The van der Waals surface area contributed by atoms with Crippen LogP contribution in [0.1, 0.15) is 49.3 Å². The van der Waals surface area contributed by atoms with Crippen LogP contribution in [-0.4, -0.2) is 7.05 Å². The quantitative estimate of drug-likeness (QED) is 0.887. The predicted molar refractivity (Wildman–Crippen MR) is 81.7 cm³/mol. The number of hydrogen-bond donors (Lipinski definition) is 1. The highest BCUT2D eigenvalue weighted by atomic mass is 16.3. The predicted octanol–water partition coefficient (Wildman–Crippen LogP) is 4.44. The molecule has 1 aliphatic rings. The van der Waals surface area contributed by atoms with Crippen LogP contribution in [0.3, 0.4) is 0 Å². The molecule has 0 radical (unpaired) electrons. The molecule has 1 aromatic heterocycles. The van der Waals surface area contributed by atoms with Gasteiger partial charge in [-0.1, -0.05) is 49.6 Å². The maximum atomic E-state index is 5.33. The van der Waals surface area contributed by atoms with E-state index >= 15 is 0 Å². The molecule has 20 heavy (non-hydrogen) atoms. The van der Waals surface area contributed by atoms with Crippen molar-refractivity contribution in [1.82, 2.24) is 5.32 Å². The third-order valence-electron chi connectivity index (χ3n) is 4.81. The van der Waals surface area contributed by atoms with Gasteiger partial charge in [0, 0.05) is 17.0 Å². The second-order valence-electron chi connectivity index (χ2n) is 5.86. The van der Waals surface area contributed by atoms with Gasteiger partial charge < -0.3 is 9.73 Å². The van der Waals surface area contributed by atoms with Gasteiger partial charge in [0.25, 0.3) is 0 Å². The summed E-state index contributed by atoms with van der Waals surface area (Å²) in [4.78, 5) is 0. The van der Waals surface area contributed by atoms with Gasteiger partial charge in [-0.05, 0) is 31.5 Å². The number of hydrogen-bond acceptors (Lipinski definition) is 2. The van der Waals surface area contributed by atoms with Crippen LogP contribution < -0.4 is 5.32 Å². The molecule has 0 spiro atoms. The molecular weight excluding hydrogens is 246 g/mol. The average molecular weight is 269 g/mol. The third kappa shape index (κ3) is 2.29. The highest BCUT2D eigenvalue weighted by molar-refractivity contribution is 5.32. The van der Waals surface area contributed by atoms with Crippen LogP contribution in [-0.2, 0) is 5.41 Å². The molecule has 0 saturated heterocycles. The standard InChI is InChI=1S/C18H23NO/c1-19-17(15-10-13-20-14-15)18(11-6-3-7-12-18)16-8-4-2-5-9-16/h2,4-5,8-10,13-14,17,19H,3,6-7,11-12H2,1H3. The zero-order chi connectivity index (χ0) is 13.8. The summed E-state index contributed by atoms with van der Waals surface area (Å²) in [5.74, 6) is 0. The van der Waals surface area contributed by atoms with E-state index in [9.17, 15) is 0 Å². The number of furan rings is 1. The molecule has 3 rings (SSSR count). The van der Waals surface area contributed by atoms with E-state index in [1.165, 1.54) is 43.2 Å². The Morgan fingerprint density at radius 1 is 1.05 bits per heavy atom. The average Bonchev–Trinajstić information content (AvgIpc) is 3.04. The van der Waals surface area contributed by atoms with Crippen LogP contribution in [0.2, 0.25) is 0 Å². The smallest absolute Gasteiger partial charge is 0.0950 e. The van der Waals surface area contributed by atoms with Gasteiger partial charge in [0.05, 0.1) is 12.5 Å². The largest absolute Gasteiger partial charge is 0.472 e. The van der Waals surface area contributed by atoms with Crippen molar-refractivity contribution < 1.29 is 4.42 Å². The lowest BCUT2D eigenvalue weighted by molar-refractivity contribution is 0.220. The minimum atomic E-state index is 0.193. The number of rotatable bonds is 4. The van der Waals surface area contributed by atoms with Gasteiger partial charge in [-0.2, -0.15) is 0 Å². The van der Waals surface area contributed by atoms with Crippen molar-refractivity contribution in [3.8, 4) is 0 Å². The third-order valence-corrected chi connectivity index (χ3v) is 4.81. The first-order valence-corrected chi connectivity index (χ1v) is 7.62. The minimum Gasteiger partial charge on any atom is -0.472 e. The molecule has 1 N–H and O–H groups in total. The molecule has 1 saturated carbocycles. The molecule has 1 aliphatic carbocycles. The molecule has 1 unspecified atom stereocenters. The van der Waals surface area contributed by atoms with E-state index < -0.39 is 0 Å². The van der Waals surface area contributed by atoms with Gasteiger partial charge in [0.2, 0.25) is 0 Å². The topological polar surface area (TPSA) is 25.2 Å². The summed E-state index contributed by atoms with van der Waals surface area (Å²) in [7, 11) is 2.07. The molecule has 2 heteroatoms. The molecule has 0 aliphatic heterocycles. The summed E-state index contributed by atoms with van der Waals surface area (Å²) in [6.07, 6.45) is 10.1.